The highest BCUT2D eigenvalue weighted by Crippen LogP contribution is 2.23. The molecule has 0 aliphatic heterocycles. The van der Waals surface area contributed by atoms with Crippen LogP contribution in [-0.2, 0) is 5.75 Å². The summed E-state index contributed by atoms with van der Waals surface area (Å²) < 4.78 is 6.48. The van der Waals surface area contributed by atoms with Gasteiger partial charge in [-0.25, -0.2) is 4.99 Å². The molecule has 0 aromatic heterocycles. The summed E-state index contributed by atoms with van der Waals surface area (Å²) in [6.07, 6.45) is 0. The second kappa shape index (κ2) is 8.10. The third-order valence-corrected chi connectivity index (χ3v) is 4.34. The second-order valence-electron chi connectivity index (χ2n) is 4.26. The Balaban J connectivity index is 1.96. The van der Waals surface area contributed by atoms with E-state index >= 15 is 0 Å². The van der Waals surface area contributed by atoms with E-state index in [1.807, 2.05) is 49.4 Å². The van der Waals surface area contributed by atoms with Crippen LogP contribution in [0.3, 0.4) is 0 Å². The summed E-state index contributed by atoms with van der Waals surface area (Å²) in [5, 5.41) is 0.551. The molecular formula is C16H17BrN2OS. The normalized spacial score (nSPS) is 11.4. The van der Waals surface area contributed by atoms with Crippen LogP contribution in [0.4, 0.5) is 5.69 Å². The molecule has 0 spiro atoms. The van der Waals surface area contributed by atoms with E-state index in [9.17, 15) is 0 Å². The van der Waals surface area contributed by atoms with Crippen LogP contribution in [0.15, 0.2) is 58.0 Å². The van der Waals surface area contributed by atoms with Gasteiger partial charge in [0.15, 0.2) is 5.17 Å². The number of ether oxygens (including phenoxy) is 1. The fourth-order valence-electron chi connectivity index (χ4n) is 1.71. The number of aliphatic imine (C=N–C) groups is 1. The number of nitrogens with two attached hydrogens (primary N) is 1. The Labute approximate surface area is 137 Å². The third kappa shape index (κ3) is 5.10. The zero-order valence-corrected chi connectivity index (χ0v) is 14.2. The van der Waals surface area contributed by atoms with E-state index in [1.54, 1.807) is 0 Å². The van der Waals surface area contributed by atoms with E-state index in [-0.39, 0.29) is 0 Å². The maximum Gasteiger partial charge on any atom is 0.159 e. The Hall–Kier alpha value is -1.46. The summed E-state index contributed by atoms with van der Waals surface area (Å²) in [4.78, 5) is 4.39. The Bertz CT molecular complexity index is 614. The number of amidine groups is 1. The summed E-state index contributed by atoms with van der Waals surface area (Å²) in [6.45, 7) is 2.62. The second-order valence-corrected chi connectivity index (χ2v) is 6.11. The zero-order chi connectivity index (χ0) is 15.1. The van der Waals surface area contributed by atoms with Crippen LogP contribution in [0.25, 0.3) is 0 Å². The van der Waals surface area contributed by atoms with E-state index in [0.717, 1.165) is 21.7 Å². The van der Waals surface area contributed by atoms with Gasteiger partial charge >= 0.3 is 0 Å². The van der Waals surface area contributed by atoms with Crippen molar-refractivity contribution in [2.24, 2.45) is 10.7 Å². The van der Waals surface area contributed by atoms with E-state index in [2.05, 4.69) is 27.0 Å². The van der Waals surface area contributed by atoms with Crippen molar-refractivity contribution in [3.05, 3.63) is 58.6 Å². The number of halogens is 1. The van der Waals surface area contributed by atoms with Crippen molar-refractivity contribution in [3.8, 4) is 5.75 Å². The summed E-state index contributed by atoms with van der Waals surface area (Å²) in [6, 6.07) is 15.7. The Kier molecular flexibility index (Phi) is 6.14. The molecule has 2 aromatic carbocycles. The summed E-state index contributed by atoms with van der Waals surface area (Å²) in [5.74, 6) is 1.63. The number of benzene rings is 2. The molecule has 5 heteroatoms. The van der Waals surface area contributed by atoms with Gasteiger partial charge in [0.25, 0.3) is 0 Å². The first-order valence-electron chi connectivity index (χ1n) is 6.62. The van der Waals surface area contributed by atoms with E-state index in [1.165, 1.54) is 17.3 Å². The lowest BCUT2D eigenvalue weighted by atomic mass is 10.2. The van der Waals surface area contributed by atoms with Crippen molar-refractivity contribution in [1.29, 1.82) is 0 Å². The summed E-state index contributed by atoms with van der Waals surface area (Å²) in [7, 11) is 0. The third-order valence-electron chi connectivity index (χ3n) is 2.72. The molecule has 0 radical (unpaired) electrons. The van der Waals surface area contributed by atoms with Crippen LogP contribution in [-0.4, -0.2) is 11.8 Å². The number of hydrogen-bond donors (Lipinski definition) is 1. The summed E-state index contributed by atoms with van der Waals surface area (Å²) >= 11 is 5.05. The maximum absolute atomic E-state index is 5.97. The van der Waals surface area contributed by atoms with Crippen molar-refractivity contribution >= 4 is 38.5 Å². The largest absolute Gasteiger partial charge is 0.494 e. The van der Waals surface area contributed by atoms with Gasteiger partial charge in [0.2, 0.25) is 0 Å². The number of thioether (sulfide) groups is 1. The van der Waals surface area contributed by atoms with Crippen LogP contribution in [0, 0.1) is 0 Å². The molecular weight excluding hydrogens is 348 g/mol. The highest BCUT2D eigenvalue weighted by atomic mass is 79.9. The van der Waals surface area contributed by atoms with Crippen molar-refractivity contribution in [1.82, 2.24) is 0 Å². The van der Waals surface area contributed by atoms with Gasteiger partial charge in [0, 0.05) is 10.2 Å². The average Bonchev–Trinajstić information content (AvgIpc) is 2.49. The highest BCUT2D eigenvalue weighted by Gasteiger charge is 2.01. The van der Waals surface area contributed by atoms with Crippen molar-refractivity contribution in [3.63, 3.8) is 0 Å². The quantitative estimate of drug-likeness (QED) is 0.616. The van der Waals surface area contributed by atoms with Crippen molar-refractivity contribution in [2.45, 2.75) is 12.7 Å². The molecule has 0 bridgehead atoms. The SMILES string of the molecule is CCOc1ccc(N=C(N)SCc2ccccc2Br)cc1. The minimum atomic E-state index is 0.551. The molecule has 0 atom stereocenters. The molecule has 2 rings (SSSR count). The number of nitrogens with zero attached hydrogens (tertiary/aromatic N) is 1. The molecule has 0 aliphatic carbocycles. The van der Waals surface area contributed by atoms with Gasteiger partial charge in [-0.1, -0.05) is 45.9 Å². The van der Waals surface area contributed by atoms with Gasteiger partial charge in [0.1, 0.15) is 5.75 Å². The fourth-order valence-corrected chi connectivity index (χ4v) is 3.05. The monoisotopic (exact) mass is 364 g/mol. The first kappa shape index (κ1) is 15.9. The first-order chi connectivity index (χ1) is 10.2. The molecule has 110 valence electrons. The van der Waals surface area contributed by atoms with Crippen LogP contribution in [0.5, 0.6) is 5.75 Å². The Morgan fingerprint density at radius 1 is 1.19 bits per heavy atom. The standard InChI is InChI=1S/C16H17BrN2OS/c1-2-20-14-9-7-13(8-10-14)19-16(18)21-11-12-5-3-4-6-15(12)17/h3-10H,2,11H2,1H3,(H2,18,19). The van der Waals surface area contributed by atoms with Crippen LogP contribution in [0.2, 0.25) is 0 Å². The predicted molar refractivity (Wildman–Crippen MR) is 94.3 cm³/mol. The molecule has 0 amide bonds. The van der Waals surface area contributed by atoms with Gasteiger partial charge in [-0.2, -0.15) is 0 Å². The molecule has 0 heterocycles. The molecule has 21 heavy (non-hydrogen) atoms. The molecule has 0 unspecified atom stereocenters. The highest BCUT2D eigenvalue weighted by molar-refractivity contribution is 9.10. The molecule has 2 N–H and O–H groups in total. The van der Waals surface area contributed by atoms with Gasteiger partial charge in [-0.3, -0.25) is 0 Å². The molecule has 3 nitrogen and oxygen atoms in total. The van der Waals surface area contributed by atoms with E-state index in [4.69, 9.17) is 10.5 Å². The van der Waals surface area contributed by atoms with Crippen LogP contribution < -0.4 is 10.5 Å². The Morgan fingerprint density at radius 2 is 1.90 bits per heavy atom. The minimum absolute atomic E-state index is 0.551. The van der Waals surface area contributed by atoms with Gasteiger partial charge in [0.05, 0.1) is 12.3 Å². The lowest BCUT2D eigenvalue weighted by Crippen LogP contribution is -2.06. The number of rotatable bonds is 5. The molecule has 0 aliphatic rings. The van der Waals surface area contributed by atoms with E-state index < -0.39 is 0 Å². The summed E-state index contributed by atoms with van der Waals surface area (Å²) in [5.41, 5.74) is 8.00. The molecule has 2 aromatic rings. The lowest BCUT2D eigenvalue weighted by molar-refractivity contribution is 0.340. The predicted octanol–water partition coefficient (Wildman–Crippen LogP) is 4.73. The fraction of sp³-hybridized carbons (Fsp3) is 0.188. The van der Waals surface area contributed by atoms with Gasteiger partial charge in [-0.05, 0) is 42.8 Å². The smallest absolute Gasteiger partial charge is 0.159 e. The van der Waals surface area contributed by atoms with E-state index in [0.29, 0.717) is 11.8 Å². The Morgan fingerprint density at radius 3 is 2.57 bits per heavy atom. The molecule has 0 fully saturated rings. The first-order valence-corrected chi connectivity index (χ1v) is 8.40. The lowest BCUT2D eigenvalue weighted by Gasteiger charge is -2.05. The van der Waals surface area contributed by atoms with Crippen molar-refractivity contribution in [2.75, 3.05) is 6.61 Å². The van der Waals surface area contributed by atoms with Crippen LogP contribution >= 0.6 is 27.7 Å². The topological polar surface area (TPSA) is 47.6 Å². The molecule has 0 saturated carbocycles. The molecule has 0 saturated heterocycles. The minimum Gasteiger partial charge on any atom is -0.494 e. The van der Waals surface area contributed by atoms with Crippen LogP contribution in [0.1, 0.15) is 12.5 Å². The van der Waals surface area contributed by atoms with Gasteiger partial charge in [-0.15, -0.1) is 0 Å². The van der Waals surface area contributed by atoms with Gasteiger partial charge < -0.3 is 10.5 Å². The zero-order valence-electron chi connectivity index (χ0n) is 11.8. The number of hydrogen-bond acceptors (Lipinski definition) is 3. The average molecular weight is 365 g/mol. The van der Waals surface area contributed by atoms with Crippen molar-refractivity contribution < 1.29 is 4.74 Å². The maximum atomic E-state index is 5.97.